The number of hydrogen-bond acceptors (Lipinski definition) is 3. The number of aromatic nitrogens is 3. The number of nitrogens with zero attached hydrogens (tertiary/aromatic N) is 3. The van der Waals surface area contributed by atoms with E-state index in [9.17, 15) is 5.11 Å². The second-order valence-corrected chi connectivity index (χ2v) is 10.7. The molecule has 0 saturated heterocycles. The third-order valence-electron chi connectivity index (χ3n) is 7.70. The molecule has 1 N–H and O–H groups in total. The lowest BCUT2D eigenvalue weighted by atomic mass is 9.97. The summed E-state index contributed by atoms with van der Waals surface area (Å²) in [6.07, 6.45) is 2.06. The molecule has 7 rings (SSSR count). The van der Waals surface area contributed by atoms with Crippen LogP contribution in [0.1, 0.15) is 11.1 Å². The molecule has 0 aliphatic carbocycles. The minimum atomic E-state index is 0.253. The van der Waals surface area contributed by atoms with E-state index in [1.54, 1.807) is 0 Å². The van der Waals surface area contributed by atoms with Crippen LogP contribution in [-0.4, -0.2) is 19.5 Å². The van der Waals surface area contributed by atoms with Crippen molar-refractivity contribution in [2.75, 3.05) is 0 Å². The quantitative estimate of drug-likeness (QED) is 0.235. The minimum Gasteiger partial charge on any atom is -0.507 e. The molecule has 0 spiro atoms. The zero-order valence-corrected chi connectivity index (χ0v) is 23.5. The van der Waals surface area contributed by atoms with Crippen molar-refractivity contribution in [1.29, 1.82) is 0 Å². The van der Waals surface area contributed by atoms with Gasteiger partial charge in [0.05, 0.1) is 22.8 Å². The molecule has 7 aromatic rings. The lowest BCUT2D eigenvalue weighted by Crippen LogP contribution is -1.93. The number of phenolic OH excluding ortho intramolecular Hbond substituents is 1. The molecule has 0 atom stereocenters. The highest BCUT2D eigenvalue weighted by Crippen LogP contribution is 2.38. The number of aryl methyl sites for hydroxylation is 2. The van der Waals surface area contributed by atoms with Crippen molar-refractivity contribution in [3.8, 4) is 61.9 Å². The lowest BCUT2D eigenvalue weighted by molar-refractivity contribution is 0.473. The average molecular weight is 544 g/mol. The van der Waals surface area contributed by atoms with E-state index in [2.05, 4.69) is 102 Å². The lowest BCUT2D eigenvalue weighted by Gasteiger charge is -2.13. The fourth-order valence-electron chi connectivity index (χ4n) is 5.57. The first kappa shape index (κ1) is 25.5. The van der Waals surface area contributed by atoms with Gasteiger partial charge in [-0.15, -0.1) is 0 Å². The minimum absolute atomic E-state index is 0.253. The summed E-state index contributed by atoms with van der Waals surface area (Å²) in [6.45, 7) is 4.01. The molecule has 4 nitrogen and oxygen atoms in total. The molecule has 0 radical (unpaired) electrons. The Hall–Kier alpha value is -5.48. The molecule has 0 amide bonds. The normalized spacial score (nSPS) is 11.2. The van der Waals surface area contributed by atoms with Gasteiger partial charge in [0, 0.05) is 28.5 Å². The summed E-state index contributed by atoms with van der Waals surface area (Å²) in [4.78, 5) is 10.2. The Morgan fingerprint density at radius 1 is 0.548 bits per heavy atom. The van der Waals surface area contributed by atoms with Gasteiger partial charge in [-0.05, 0) is 66.9 Å². The smallest absolute Gasteiger partial charge is 0.137 e. The maximum Gasteiger partial charge on any atom is 0.137 e. The highest BCUT2D eigenvalue weighted by Gasteiger charge is 2.18. The third kappa shape index (κ3) is 4.63. The van der Waals surface area contributed by atoms with Crippen LogP contribution in [0.4, 0.5) is 0 Å². The average Bonchev–Trinajstić information content (AvgIpc) is 3.42. The largest absolute Gasteiger partial charge is 0.507 e. The molecule has 3 heterocycles. The summed E-state index contributed by atoms with van der Waals surface area (Å²) in [5.41, 5.74) is 12.4. The van der Waals surface area contributed by atoms with E-state index in [1.165, 1.54) is 5.56 Å². The molecule has 0 saturated carbocycles. The van der Waals surface area contributed by atoms with E-state index in [0.29, 0.717) is 5.56 Å². The van der Waals surface area contributed by atoms with Crippen molar-refractivity contribution in [3.63, 3.8) is 0 Å². The second kappa shape index (κ2) is 10.5. The Morgan fingerprint density at radius 3 is 2.12 bits per heavy atom. The summed E-state index contributed by atoms with van der Waals surface area (Å²) < 4.78 is 2.15. The summed E-state index contributed by atoms with van der Waals surface area (Å²) in [6, 6.07) is 43.3. The predicted octanol–water partition coefficient (Wildman–Crippen LogP) is 9.39. The monoisotopic (exact) mass is 543 g/mol. The van der Waals surface area contributed by atoms with Crippen molar-refractivity contribution in [3.05, 3.63) is 145 Å². The number of rotatable bonds is 5. The van der Waals surface area contributed by atoms with Gasteiger partial charge in [-0.25, -0.2) is 9.97 Å². The summed E-state index contributed by atoms with van der Waals surface area (Å²) in [5.74, 6) is 0.253. The molecule has 42 heavy (non-hydrogen) atoms. The van der Waals surface area contributed by atoms with Crippen molar-refractivity contribution in [2.45, 2.75) is 13.8 Å². The van der Waals surface area contributed by atoms with Gasteiger partial charge in [0.25, 0.3) is 0 Å². The molecule has 0 unspecified atom stereocenters. The van der Waals surface area contributed by atoms with Gasteiger partial charge in [0.15, 0.2) is 0 Å². The van der Waals surface area contributed by atoms with Crippen LogP contribution >= 0.6 is 0 Å². The molecule has 4 aromatic carbocycles. The predicted molar refractivity (Wildman–Crippen MR) is 171 cm³/mol. The second-order valence-electron chi connectivity index (χ2n) is 10.7. The van der Waals surface area contributed by atoms with Crippen molar-refractivity contribution < 1.29 is 5.11 Å². The molecular formula is C38H29N3O. The van der Waals surface area contributed by atoms with Gasteiger partial charge in [-0.2, -0.15) is 0 Å². The Kier molecular flexibility index (Phi) is 6.37. The van der Waals surface area contributed by atoms with E-state index >= 15 is 0 Å². The van der Waals surface area contributed by atoms with Crippen LogP contribution < -0.4 is 0 Å². The van der Waals surface area contributed by atoms with Gasteiger partial charge in [0.1, 0.15) is 11.4 Å². The van der Waals surface area contributed by atoms with Crippen molar-refractivity contribution >= 4 is 5.65 Å². The van der Waals surface area contributed by atoms with E-state index in [1.807, 2.05) is 49.4 Å². The van der Waals surface area contributed by atoms with Crippen LogP contribution in [0.3, 0.4) is 0 Å². The number of hydrogen-bond donors (Lipinski definition) is 1. The molecule has 0 aliphatic rings. The van der Waals surface area contributed by atoms with E-state index < -0.39 is 0 Å². The number of pyridine rings is 2. The molecule has 0 fully saturated rings. The van der Waals surface area contributed by atoms with E-state index in [-0.39, 0.29) is 5.75 Å². The molecular weight excluding hydrogens is 514 g/mol. The van der Waals surface area contributed by atoms with E-state index in [4.69, 9.17) is 9.97 Å². The Bertz CT molecular complexity index is 2070. The van der Waals surface area contributed by atoms with Crippen LogP contribution in [0, 0.1) is 13.8 Å². The molecule has 0 bridgehead atoms. The molecule has 202 valence electrons. The summed E-state index contributed by atoms with van der Waals surface area (Å²) in [5, 5.41) is 11.0. The summed E-state index contributed by atoms with van der Waals surface area (Å²) in [7, 11) is 0. The third-order valence-corrected chi connectivity index (χ3v) is 7.70. The maximum atomic E-state index is 11.0. The standard InChI is InChI=1S/C38H29N3O/c1-25-11-8-15-28(21-25)31-23-33(39-34(24-31)32-18-9-12-26(2)38(32)42)29-16-10-17-30(22-29)36-37(27-13-4-3-5-14-27)41-20-7-6-19-35(41)40-36/h3-24,42H,1-2H3. The van der Waals surface area contributed by atoms with Crippen molar-refractivity contribution in [2.24, 2.45) is 0 Å². The SMILES string of the molecule is Cc1cccc(-c2cc(-c3cccc(-c4nc5ccccn5c4-c4ccccc4)c3)nc(-c3cccc(C)c3O)c2)c1. The fourth-order valence-corrected chi connectivity index (χ4v) is 5.57. The van der Waals surface area contributed by atoms with Gasteiger partial charge in [-0.3, -0.25) is 4.40 Å². The number of aromatic hydroxyl groups is 1. The number of fused-ring (bicyclic) bond motifs is 1. The Balaban J connectivity index is 1.43. The molecule has 3 aromatic heterocycles. The van der Waals surface area contributed by atoms with Crippen LogP contribution in [0.15, 0.2) is 134 Å². The first-order valence-electron chi connectivity index (χ1n) is 14.1. The zero-order chi connectivity index (χ0) is 28.6. The van der Waals surface area contributed by atoms with Crippen molar-refractivity contribution in [1.82, 2.24) is 14.4 Å². The van der Waals surface area contributed by atoms with Crippen LogP contribution in [0.2, 0.25) is 0 Å². The first-order valence-corrected chi connectivity index (χ1v) is 14.1. The number of benzene rings is 4. The highest BCUT2D eigenvalue weighted by molar-refractivity contribution is 5.85. The number of phenols is 1. The Morgan fingerprint density at radius 2 is 1.26 bits per heavy atom. The maximum absolute atomic E-state index is 11.0. The van der Waals surface area contributed by atoms with Gasteiger partial charge < -0.3 is 5.11 Å². The van der Waals surface area contributed by atoms with Crippen LogP contribution in [0.25, 0.3) is 61.8 Å². The van der Waals surface area contributed by atoms with Crippen LogP contribution in [-0.2, 0) is 0 Å². The fraction of sp³-hybridized carbons (Fsp3) is 0.0526. The Labute approximate surface area is 245 Å². The van der Waals surface area contributed by atoms with Gasteiger partial charge in [-0.1, -0.05) is 96.6 Å². The topological polar surface area (TPSA) is 50.4 Å². The molecule has 0 aliphatic heterocycles. The zero-order valence-electron chi connectivity index (χ0n) is 23.5. The number of para-hydroxylation sites is 1. The van der Waals surface area contributed by atoms with E-state index in [0.717, 1.165) is 61.8 Å². The van der Waals surface area contributed by atoms with Gasteiger partial charge in [0.2, 0.25) is 0 Å². The first-order chi connectivity index (χ1) is 20.5. The summed E-state index contributed by atoms with van der Waals surface area (Å²) >= 11 is 0. The van der Waals surface area contributed by atoms with Crippen LogP contribution in [0.5, 0.6) is 5.75 Å². The molecule has 4 heteroatoms. The highest BCUT2D eigenvalue weighted by atomic mass is 16.3. The number of imidazole rings is 1. The van der Waals surface area contributed by atoms with Gasteiger partial charge >= 0.3 is 0 Å².